The van der Waals surface area contributed by atoms with E-state index in [4.69, 9.17) is 9.84 Å². The molecule has 0 saturated carbocycles. The number of rotatable bonds is 7. The number of ether oxygens (including phenoxy) is 1. The summed E-state index contributed by atoms with van der Waals surface area (Å²) in [5.74, 6) is -0.129. The zero-order valence-electron chi connectivity index (χ0n) is 9.46. The van der Waals surface area contributed by atoms with Gasteiger partial charge < -0.3 is 9.84 Å². The van der Waals surface area contributed by atoms with E-state index >= 15 is 0 Å². The minimum absolute atomic E-state index is 0.0315. The molecule has 0 amide bonds. The number of carbonyl (C=O) groups is 1. The molecule has 0 aromatic carbocycles. The van der Waals surface area contributed by atoms with Gasteiger partial charge in [0.1, 0.15) is 12.2 Å². The largest absolute Gasteiger partial charge is 0.480 e. The van der Waals surface area contributed by atoms with Crippen LogP contribution in [0.1, 0.15) is 5.82 Å². The lowest BCUT2D eigenvalue weighted by molar-refractivity contribution is -0.138. The van der Waals surface area contributed by atoms with Gasteiger partial charge in [0.05, 0.1) is 19.7 Å². The normalized spacial score (nSPS) is 10.9. The summed E-state index contributed by atoms with van der Waals surface area (Å²) >= 11 is 0. The van der Waals surface area contributed by atoms with Gasteiger partial charge in [-0.2, -0.15) is 5.10 Å². The lowest BCUT2D eigenvalue weighted by Gasteiger charge is -2.18. The summed E-state index contributed by atoms with van der Waals surface area (Å²) < 4.78 is 6.55. The first-order valence-corrected chi connectivity index (χ1v) is 4.89. The molecule has 0 aliphatic heterocycles. The van der Waals surface area contributed by atoms with Crippen molar-refractivity contribution in [3.63, 3.8) is 0 Å². The Hall–Kier alpha value is -1.47. The van der Waals surface area contributed by atoms with E-state index in [1.807, 2.05) is 0 Å². The molecule has 90 valence electrons. The zero-order valence-corrected chi connectivity index (χ0v) is 9.46. The molecule has 0 spiro atoms. The molecule has 0 aliphatic carbocycles. The van der Waals surface area contributed by atoms with Crippen molar-refractivity contribution in [1.29, 1.82) is 0 Å². The Morgan fingerprint density at radius 1 is 1.69 bits per heavy atom. The summed E-state index contributed by atoms with van der Waals surface area (Å²) in [6, 6.07) is 0. The van der Waals surface area contributed by atoms with Crippen LogP contribution in [0.4, 0.5) is 0 Å². The predicted octanol–water partition coefficient (Wildman–Crippen LogP) is -0.652. The smallest absolute Gasteiger partial charge is 0.317 e. The second kappa shape index (κ2) is 6.19. The Labute approximate surface area is 93.6 Å². The number of aryl methyl sites for hydroxylation is 1. The fourth-order valence-corrected chi connectivity index (χ4v) is 1.29. The average molecular weight is 228 g/mol. The third-order valence-electron chi connectivity index (χ3n) is 2.14. The van der Waals surface area contributed by atoms with Gasteiger partial charge in [-0.25, -0.2) is 4.98 Å². The topological polar surface area (TPSA) is 80.5 Å². The molecule has 7 nitrogen and oxygen atoms in total. The predicted molar refractivity (Wildman–Crippen MR) is 55.8 cm³/mol. The van der Waals surface area contributed by atoms with Crippen LogP contribution in [0.3, 0.4) is 0 Å². The van der Waals surface area contributed by atoms with Gasteiger partial charge in [-0.3, -0.25) is 14.4 Å². The van der Waals surface area contributed by atoms with Gasteiger partial charge in [-0.1, -0.05) is 0 Å². The molecule has 1 heterocycles. The van der Waals surface area contributed by atoms with Crippen molar-refractivity contribution in [1.82, 2.24) is 19.7 Å². The van der Waals surface area contributed by atoms with Crippen molar-refractivity contribution in [2.75, 3.05) is 26.8 Å². The quantitative estimate of drug-likeness (QED) is 0.668. The van der Waals surface area contributed by atoms with Crippen molar-refractivity contribution < 1.29 is 14.6 Å². The molecule has 0 aliphatic rings. The summed E-state index contributed by atoms with van der Waals surface area (Å²) in [6.07, 6.45) is 1.45. The second-order valence-electron chi connectivity index (χ2n) is 3.40. The highest BCUT2D eigenvalue weighted by Crippen LogP contribution is 1.99. The van der Waals surface area contributed by atoms with E-state index in [2.05, 4.69) is 10.1 Å². The maximum Gasteiger partial charge on any atom is 0.317 e. The maximum absolute atomic E-state index is 10.7. The van der Waals surface area contributed by atoms with Crippen LogP contribution in [0.15, 0.2) is 6.33 Å². The summed E-state index contributed by atoms with van der Waals surface area (Å²) in [6.45, 7) is 1.46. The molecule has 16 heavy (non-hydrogen) atoms. The highest BCUT2D eigenvalue weighted by atomic mass is 16.5. The molecule has 1 rings (SSSR count). The molecule has 0 fully saturated rings. The number of hydrogen-bond donors (Lipinski definition) is 1. The van der Waals surface area contributed by atoms with Crippen LogP contribution in [0, 0.1) is 0 Å². The SMILES string of the molecule is COCCN(CC(=O)O)Cc1ncnn1C. The Balaban J connectivity index is 2.55. The highest BCUT2D eigenvalue weighted by molar-refractivity contribution is 5.69. The number of carboxylic acids is 1. The van der Waals surface area contributed by atoms with Crippen molar-refractivity contribution in [3.8, 4) is 0 Å². The minimum atomic E-state index is -0.863. The maximum atomic E-state index is 10.7. The van der Waals surface area contributed by atoms with Gasteiger partial charge >= 0.3 is 5.97 Å². The molecule has 7 heteroatoms. The number of hydrogen-bond acceptors (Lipinski definition) is 5. The lowest BCUT2D eigenvalue weighted by Crippen LogP contribution is -2.33. The van der Waals surface area contributed by atoms with E-state index in [1.165, 1.54) is 6.33 Å². The standard InChI is InChI=1S/C9H16N4O3/c1-12-8(10-7-11-12)5-13(3-4-16-2)6-9(14)15/h7H,3-6H2,1-2H3,(H,14,15). The minimum Gasteiger partial charge on any atom is -0.480 e. The summed E-state index contributed by atoms with van der Waals surface area (Å²) in [4.78, 5) is 16.5. The molecule has 1 aromatic rings. The molecule has 1 aromatic heterocycles. The average Bonchev–Trinajstić information content (AvgIpc) is 2.60. The first-order chi connectivity index (χ1) is 7.63. The van der Waals surface area contributed by atoms with E-state index in [-0.39, 0.29) is 6.54 Å². The van der Waals surface area contributed by atoms with Crippen LogP contribution in [0.25, 0.3) is 0 Å². The number of aromatic nitrogens is 3. The number of carboxylic acid groups (broad SMARTS) is 1. The van der Waals surface area contributed by atoms with Gasteiger partial charge in [0.25, 0.3) is 0 Å². The van der Waals surface area contributed by atoms with Gasteiger partial charge in [0.2, 0.25) is 0 Å². The van der Waals surface area contributed by atoms with Crippen molar-refractivity contribution in [2.45, 2.75) is 6.54 Å². The monoisotopic (exact) mass is 228 g/mol. The molecule has 0 saturated heterocycles. The summed E-state index contributed by atoms with van der Waals surface area (Å²) in [5.41, 5.74) is 0. The summed E-state index contributed by atoms with van der Waals surface area (Å²) in [7, 11) is 3.36. The molecule has 0 radical (unpaired) electrons. The molecule has 0 bridgehead atoms. The molecule has 0 unspecified atom stereocenters. The lowest BCUT2D eigenvalue weighted by atomic mass is 10.4. The van der Waals surface area contributed by atoms with Crippen LogP contribution in [-0.4, -0.2) is 57.5 Å². The Morgan fingerprint density at radius 2 is 2.44 bits per heavy atom. The molecule has 0 atom stereocenters. The highest BCUT2D eigenvalue weighted by Gasteiger charge is 2.12. The van der Waals surface area contributed by atoms with Crippen LogP contribution in [0.5, 0.6) is 0 Å². The van der Waals surface area contributed by atoms with Crippen molar-refractivity contribution >= 4 is 5.97 Å². The summed E-state index contributed by atoms with van der Waals surface area (Å²) in [5, 5.41) is 12.7. The first-order valence-electron chi connectivity index (χ1n) is 4.89. The van der Waals surface area contributed by atoms with Crippen LogP contribution in [-0.2, 0) is 23.1 Å². The molecular weight excluding hydrogens is 212 g/mol. The van der Waals surface area contributed by atoms with Gasteiger partial charge in [-0.05, 0) is 0 Å². The Kier molecular flexibility index (Phi) is 4.87. The fraction of sp³-hybridized carbons (Fsp3) is 0.667. The van der Waals surface area contributed by atoms with E-state index in [0.717, 1.165) is 5.82 Å². The zero-order chi connectivity index (χ0) is 12.0. The van der Waals surface area contributed by atoms with Gasteiger partial charge in [0, 0.05) is 20.7 Å². The number of methoxy groups -OCH3 is 1. The van der Waals surface area contributed by atoms with Crippen LogP contribution >= 0.6 is 0 Å². The fourth-order valence-electron chi connectivity index (χ4n) is 1.29. The number of nitrogens with zero attached hydrogens (tertiary/aromatic N) is 4. The third-order valence-corrected chi connectivity index (χ3v) is 2.14. The Bertz CT molecular complexity index is 339. The van der Waals surface area contributed by atoms with E-state index in [0.29, 0.717) is 19.7 Å². The Morgan fingerprint density at radius 3 is 2.94 bits per heavy atom. The van der Waals surface area contributed by atoms with Crippen molar-refractivity contribution in [3.05, 3.63) is 12.2 Å². The first kappa shape index (κ1) is 12.6. The second-order valence-corrected chi connectivity index (χ2v) is 3.40. The molecule has 1 N–H and O–H groups in total. The number of aliphatic carboxylic acids is 1. The van der Waals surface area contributed by atoms with Crippen LogP contribution in [0.2, 0.25) is 0 Å². The van der Waals surface area contributed by atoms with Gasteiger partial charge in [0.15, 0.2) is 0 Å². The van der Waals surface area contributed by atoms with Crippen LogP contribution < -0.4 is 0 Å². The van der Waals surface area contributed by atoms with E-state index in [9.17, 15) is 4.79 Å². The van der Waals surface area contributed by atoms with E-state index in [1.54, 1.807) is 23.7 Å². The van der Waals surface area contributed by atoms with Crippen molar-refractivity contribution in [2.24, 2.45) is 7.05 Å². The van der Waals surface area contributed by atoms with Gasteiger partial charge in [-0.15, -0.1) is 0 Å². The molecular formula is C9H16N4O3. The third kappa shape index (κ3) is 3.95. The van der Waals surface area contributed by atoms with E-state index < -0.39 is 5.97 Å².